The molecule has 2 heterocycles. The first-order chi connectivity index (χ1) is 11.2. The van der Waals surface area contributed by atoms with Crippen LogP contribution in [-0.4, -0.2) is 41.0 Å². The summed E-state index contributed by atoms with van der Waals surface area (Å²) in [6.45, 7) is 3.94. The predicted octanol–water partition coefficient (Wildman–Crippen LogP) is 3.16. The van der Waals surface area contributed by atoms with Gasteiger partial charge in [0.25, 0.3) is 5.91 Å². The van der Waals surface area contributed by atoms with Crippen LogP contribution in [0.3, 0.4) is 0 Å². The molecule has 1 aromatic rings. The molecule has 0 radical (unpaired) electrons. The Morgan fingerprint density at radius 2 is 2.17 bits per heavy atom. The van der Waals surface area contributed by atoms with E-state index in [9.17, 15) is 4.79 Å². The van der Waals surface area contributed by atoms with Crippen LogP contribution >= 0.6 is 0 Å². The first-order valence-electron chi connectivity index (χ1n) is 8.88. The van der Waals surface area contributed by atoms with Crippen molar-refractivity contribution in [3.8, 4) is 0 Å². The first-order valence-corrected chi connectivity index (χ1v) is 8.88. The second-order valence-electron chi connectivity index (χ2n) is 6.72. The Hall–Kier alpha value is -1.68. The maximum Gasteiger partial charge on any atom is 0.255 e. The number of pyridine rings is 1. The lowest BCUT2D eigenvalue weighted by Gasteiger charge is -2.34. The Morgan fingerprint density at radius 1 is 1.35 bits per heavy atom. The Kier molecular flexibility index (Phi) is 5.44. The van der Waals surface area contributed by atoms with E-state index >= 15 is 0 Å². The van der Waals surface area contributed by atoms with Crippen molar-refractivity contribution < 1.29 is 4.79 Å². The molecule has 3 rings (SSSR count). The highest BCUT2D eigenvalue weighted by molar-refractivity contribution is 5.93. The lowest BCUT2D eigenvalue weighted by Crippen LogP contribution is -2.47. The SMILES string of the molecule is C[C@@H](NC1CCN(C(=O)c2cccnc2)CC1)C1=CCCCC1. The average Bonchev–Trinajstić information content (AvgIpc) is 2.63. The van der Waals surface area contributed by atoms with Gasteiger partial charge in [0.1, 0.15) is 0 Å². The molecule has 23 heavy (non-hydrogen) atoms. The molecule has 1 saturated heterocycles. The number of nitrogens with zero attached hydrogens (tertiary/aromatic N) is 2. The lowest BCUT2D eigenvalue weighted by molar-refractivity contribution is 0.0703. The quantitative estimate of drug-likeness (QED) is 0.869. The number of piperidine rings is 1. The molecule has 0 spiro atoms. The average molecular weight is 313 g/mol. The van der Waals surface area contributed by atoms with Crippen molar-refractivity contribution in [2.45, 2.75) is 57.5 Å². The van der Waals surface area contributed by atoms with Crippen molar-refractivity contribution >= 4 is 5.91 Å². The van der Waals surface area contributed by atoms with Crippen LogP contribution in [0.2, 0.25) is 0 Å². The summed E-state index contributed by atoms with van der Waals surface area (Å²) in [7, 11) is 0. The van der Waals surface area contributed by atoms with Crippen LogP contribution in [0.15, 0.2) is 36.2 Å². The van der Waals surface area contributed by atoms with E-state index in [1.54, 1.807) is 18.0 Å². The van der Waals surface area contributed by atoms with Crippen molar-refractivity contribution in [1.29, 1.82) is 0 Å². The number of likely N-dealkylation sites (tertiary alicyclic amines) is 1. The first kappa shape index (κ1) is 16.2. The van der Waals surface area contributed by atoms with Gasteiger partial charge >= 0.3 is 0 Å². The molecule has 4 heteroatoms. The number of allylic oxidation sites excluding steroid dienone is 1. The number of carbonyl (C=O) groups excluding carboxylic acids is 1. The van der Waals surface area contributed by atoms with Gasteiger partial charge in [-0.25, -0.2) is 0 Å². The summed E-state index contributed by atoms with van der Waals surface area (Å²) >= 11 is 0. The number of hydrogen-bond acceptors (Lipinski definition) is 3. The van der Waals surface area contributed by atoms with Gasteiger partial charge in [0.15, 0.2) is 0 Å². The van der Waals surface area contributed by atoms with Gasteiger partial charge in [0.2, 0.25) is 0 Å². The molecule has 1 aliphatic heterocycles. The summed E-state index contributed by atoms with van der Waals surface area (Å²) in [4.78, 5) is 18.4. The van der Waals surface area contributed by atoms with Crippen LogP contribution in [0, 0.1) is 0 Å². The van der Waals surface area contributed by atoms with E-state index < -0.39 is 0 Å². The highest BCUT2D eigenvalue weighted by Crippen LogP contribution is 2.22. The second kappa shape index (κ2) is 7.73. The maximum absolute atomic E-state index is 12.4. The van der Waals surface area contributed by atoms with Crippen molar-refractivity contribution in [2.75, 3.05) is 13.1 Å². The van der Waals surface area contributed by atoms with E-state index in [0.29, 0.717) is 17.6 Å². The third-order valence-corrected chi connectivity index (χ3v) is 5.06. The second-order valence-corrected chi connectivity index (χ2v) is 6.72. The van der Waals surface area contributed by atoms with Gasteiger partial charge in [0.05, 0.1) is 5.56 Å². The Balaban J connectivity index is 1.48. The van der Waals surface area contributed by atoms with Gasteiger partial charge in [-0.3, -0.25) is 9.78 Å². The molecule has 0 bridgehead atoms. The molecule has 1 aromatic heterocycles. The van der Waals surface area contributed by atoms with E-state index in [0.717, 1.165) is 25.9 Å². The summed E-state index contributed by atoms with van der Waals surface area (Å²) in [6.07, 6.45) is 13.0. The zero-order valence-corrected chi connectivity index (χ0v) is 14.0. The minimum Gasteiger partial charge on any atom is -0.338 e. The van der Waals surface area contributed by atoms with Gasteiger partial charge in [0, 0.05) is 37.6 Å². The zero-order valence-electron chi connectivity index (χ0n) is 14.0. The molecular formula is C19H27N3O. The summed E-state index contributed by atoms with van der Waals surface area (Å²) in [5.41, 5.74) is 2.27. The number of rotatable bonds is 4. The molecule has 2 aliphatic rings. The third-order valence-electron chi connectivity index (χ3n) is 5.06. The van der Waals surface area contributed by atoms with E-state index in [4.69, 9.17) is 0 Å². The van der Waals surface area contributed by atoms with Crippen LogP contribution in [0.5, 0.6) is 0 Å². The zero-order chi connectivity index (χ0) is 16.1. The normalized spacial score (nSPS) is 20.9. The van der Waals surface area contributed by atoms with Crippen molar-refractivity contribution in [3.63, 3.8) is 0 Å². The molecule has 1 fully saturated rings. The summed E-state index contributed by atoms with van der Waals surface area (Å²) in [6, 6.07) is 4.66. The van der Waals surface area contributed by atoms with Crippen LogP contribution in [0.25, 0.3) is 0 Å². The molecular weight excluding hydrogens is 286 g/mol. The smallest absolute Gasteiger partial charge is 0.255 e. The number of aromatic nitrogens is 1. The molecule has 1 aliphatic carbocycles. The predicted molar refractivity (Wildman–Crippen MR) is 92.3 cm³/mol. The van der Waals surface area contributed by atoms with E-state index in [1.807, 2.05) is 17.0 Å². The molecule has 0 saturated carbocycles. The summed E-state index contributed by atoms with van der Waals surface area (Å²) in [5, 5.41) is 3.77. The van der Waals surface area contributed by atoms with Gasteiger partial charge in [-0.2, -0.15) is 0 Å². The van der Waals surface area contributed by atoms with Crippen LogP contribution < -0.4 is 5.32 Å². The number of amides is 1. The van der Waals surface area contributed by atoms with E-state index in [1.165, 1.54) is 25.7 Å². The number of hydrogen-bond donors (Lipinski definition) is 1. The van der Waals surface area contributed by atoms with E-state index in [-0.39, 0.29) is 5.91 Å². The molecule has 0 unspecified atom stereocenters. The Morgan fingerprint density at radius 3 is 2.83 bits per heavy atom. The monoisotopic (exact) mass is 313 g/mol. The fraction of sp³-hybridized carbons (Fsp3) is 0.579. The fourth-order valence-electron chi connectivity index (χ4n) is 3.64. The van der Waals surface area contributed by atoms with Crippen LogP contribution in [0.1, 0.15) is 55.8 Å². The third kappa shape index (κ3) is 4.20. The number of carbonyl (C=O) groups is 1. The maximum atomic E-state index is 12.4. The molecule has 1 N–H and O–H groups in total. The van der Waals surface area contributed by atoms with Gasteiger partial charge in [-0.1, -0.05) is 11.6 Å². The minimum absolute atomic E-state index is 0.111. The van der Waals surface area contributed by atoms with Crippen molar-refractivity contribution in [3.05, 3.63) is 41.7 Å². The Labute approximate surface area is 139 Å². The molecule has 4 nitrogen and oxygen atoms in total. The largest absolute Gasteiger partial charge is 0.338 e. The lowest BCUT2D eigenvalue weighted by atomic mass is 9.93. The highest BCUT2D eigenvalue weighted by atomic mass is 16.2. The summed E-state index contributed by atoms with van der Waals surface area (Å²) in [5.74, 6) is 0.111. The van der Waals surface area contributed by atoms with Gasteiger partial charge in [-0.15, -0.1) is 0 Å². The molecule has 1 amide bonds. The molecule has 0 aromatic carbocycles. The molecule has 124 valence electrons. The highest BCUT2D eigenvalue weighted by Gasteiger charge is 2.25. The van der Waals surface area contributed by atoms with Gasteiger partial charge < -0.3 is 10.2 Å². The van der Waals surface area contributed by atoms with Gasteiger partial charge in [-0.05, 0) is 57.6 Å². The Bertz CT molecular complexity index is 547. The number of nitrogens with one attached hydrogen (secondary N) is 1. The minimum atomic E-state index is 0.111. The van der Waals surface area contributed by atoms with Crippen LogP contribution in [0.4, 0.5) is 0 Å². The summed E-state index contributed by atoms with van der Waals surface area (Å²) < 4.78 is 0. The van der Waals surface area contributed by atoms with Crippen LogP contribution in [-0.2, 0) is 0 Å². The van der Waals surface area contributed by atoms with Crippen molar-refractivity contribution in [2.24, 2.45) is 0 Å². The molecule has 1 atom stereocenters. The van der Waals surface area contributed by atoms with Crippen molar-refractivity contribution in [1.82, 2.24) is 15.2 Å². The topological polar surface area (TPSA) is 45.2 Å². The fourth-order valence-corrected chi connectivity index (χ4v) is 3.64. The van der Waals surface area contributed by atoms with E-state index in [2.05, 4.69) is 23.3 Å². The standard InChI is InChI=1S/C19H27N3O/c1-15(16-6-3-2-4-7-16)21-18-9-12-22(13-10-18)19(23)17-8-5-11-20-14-17/h5-6,8,11,14-15,18,21H,2-4,7,9-10,12-13H2,1H3/t15-/m1/s1.